The van der Waals surface area contributed by atoms with Gasteiger partial charge in [-0.05, 0) is 27.7 Å². The molecule has 0 N–H and O–H groups in total. The number of halogens is 1. The van der Waals surface area contributed by atoms with Crippen molar-refractivity contribution >= 4 is 19.4 Å². The first-order valence-corrected chi connectivity index (χ1v) is 6.85. The fourth-order valence-corrected chi connectivity index (χ4v) is 2.48. The van der Waals surface area contributed by atoms with E-state index in [4.69, 9.17) is 31.6 Å². The van der Waals surface area contributed by atoms with Crippen LogP contribution in [0.25, 0.3) is 0 Å². The molecule has 0 rings (SSSR count). The van der Waals surface area contributed by atoms with Gasteiger partial charge in [0.1, 0.15) is 6.10 Å². The molecule has 1 atom stereocenters. The molecule has 0 bridgehead atoms. The standard InChI is InChI=1S/C10H18ClO4P/c1-6-9(10(4,5)11)15-16(12,13-7-2)14-8-3/h1,9H,7-8H2,2-5H3. The van der Waals surface area contributed by atoms with Crippen molar-refractivity contribution in [2.75, 3.05) is 13.2 Å². The predicted molar refractivity (Wildman–Crippen MR) is 64.5 cm³/mol. The molecule has 0 amide bonds. The Morgan fingerprint density at radius 1 is 1.38 bits per heavy atom. The van der Waals surface area contributed by atoms with Gasteiger partial charge in [-0.3, -0.25) is 13.6 Å². The Morgan fingerprint density at radius 2 is 1.81 bits per heavy atom. The van der Waals surface area contributed by atoms with Crippen LogP contribution in [-0.2, 0) is 18.1 Å². The van der Waals surface area contributed by atoms with Crippen LogP contribution in [0.5, 0.6) is 0 Å². The summed E-state index contributed by atoms with van der Waals surface area (Å²) in [6.45, 7) is 7.12. The third kappa shape index (κ3) is 5.34. The van der Waals surface area contributed by atoms with E-state index in [0.717, 1.165) is 0 Å². The molecule has 0 fully saturated rings. The molecule has 0 aromatic heterocycles. The van der Waals surface area contributed by atoms with Gasteiger partial charge in [-0.15, -0.1) is 18.0 Å². The van der Waals surface area contributed by atoms with E-state index in [9.17, 15) is 4.57 Å². The molecule has 0 aromatic rings. The van der Waals surface area contributed by atoms with Crippen molar-refractivity contribution in [2.45, 2.75) is 38.7 Å². The van der Waals surface area contributed by atoms with Crippen molar-refractivity contribution in [3.05, 3.63) is 0 Å². The Bertz CT molecular complexity index is 282. The first kappa shape index (κ1) is 16.0. The summed E-state index contributed by atoms with van der Waals surface area (Å²) in [5.41, 5.74) is 0. The van der Waals surface area contributed by atoms with Gasteiger partial charge < -0.3 is 0 Å². The van der Waals surface area contributed by atoms with E-state index < -0.39 is 18.8 Å². The SMILES string of the molecule is C#CC(OP(=O)(OCC)OCC)C(C)(C)Cl. The van der Waals surface area contributed by atoms with E-state index in [0.29, 0.717) is 0 Å². The summed E-state index contributed by atoms with van der Waals surface area (Å²) in [5, 5.41) is 0. The maximum absolute atomic E-state index is 12.0. The molecular formula is C10H18ClO4P. The molecule has 0 aliphatic rings. The normalized spacial score (nSPS) is 14.5. The fourth-order valence-electron chi connectivity index (χ4n) is 0.897. The van der Waals surface area contributed by atoms with Gasteiger partial charge in [-0.2, -0.15) is 0 Å². The van der Waals surface area contributed by atoms with E-state index in [2.05, 4.69) is 5.92 Å². The van der Waals surface area contributed by atoms with E-state index in [1.807, 2.05) is 0 Å². The number of alkyl halides is 1. The number of terminal acetylenes is 1. The summed E-state index contributed by atoms with van der Waals surface area (Å²) in [5.74, 6) is 2.33. The average molecular weight is 269 g/mol. The zero-order chi connectivity index (χ0) is 12.8. The monoisotopic (exact) mass is 268 g/mol. The second-order valence-electron chi connectivity index (χ2n) is 3.50. The highest BCUT2D eigenvalue weighted by Crippen LogP contribution is 2.51. The van der Waals surface area contributed by atoms with Crippen LogP contribution in [0.15, 0.2) is 0 Å². The Balaban J connectivity index is 4.74. The number of hydrogen-bond acceptors (Lipinski definition) is 4. The lowest BCUT2D eigenvalue weighted by atomic mass is 10.1. The number of phosphoric ester groups is 1. The van der Waals surface area contributed by atoms with Gasteiger partial charge in [0.05, 0.1) is 18.1 Å². The smallest absolute Gasteiger partial charge is 0.287 e. The minimum Gasteiger partial charge on any atom is -0.287 e. The molecule has 6 heteroatoms. The number of rotatable bonds is 7. The first-order chi connectivity index (χ1) is 7.29. The lowest BCUT2D eigenvalue weighted by Crippen LogP contribution is -2.31. The summed E-state index contributed by atoms with van der Waals surface area (Å²) in [6.07, 6.45) is 4.42. The van der Waals surface area contributed by atoms with E-state index in [1.165, 1.54) is 0 Å². The first-order valence-electron chi connectivity index (χ1n) is 5.01. The quantitative estimate of drug-likeness (QED) is 0.404. The van der Waals surface area contributed by atoms with Crippen LogP contribution in [0.4, 0.5) is 0 Å². The summed E-state index contributed by atoms with van der Waals surface area (Å²) in [4.78, 5) is -0.849. The summed E-state index contributed by atoms with van der Waals surface area (Å²) in [7, 11) is -3.62. The molecule has 4 nitrogen and oxygen atoms in total. The van der Waals surface area contributed by atoms with Gasteiger partial charge in [0.15, 0.2) is 0 Å². The van der Waals surface area contributed by atoms with E-state index in [1.54, 1.807) is 27.7 Å². The maximum atomic E-state index is 12.0. The molecular weight excluding hydrogens is 251 g/mol. The fraction of sp³-hybridized carbons (Fsp3) is 0.800. The second kappa shape index (κ2) is 6.64. The van der Waals surface area contributed by atoms with Crippen molar-refractivity contribution in [1.29, 1.82) is 0 Å². The van der Waals surface area contributed by atoms with Crippen molar-refractivity contribution in [1.82, 2.24) is 0 Å². The third-order valence-electron chi connectivity index (χ3n) is 1.58. The van der Waals surface area contributed by atoms with Gasteiger partial charge in [-0.1, -0.05) is 5.92 Å². The predicted octanol–water partition coefficient (Wildman–Crippen LogP) is 3.20. The molecule has 94 valence electrons. The average Bonchev–Trinajstić information content (AvgIpc) is 2.13. The van der Waals surface area contributed by atoms with Crippen LogP contribution < -0.4 is 0 Å². The second-order valence-corrected chi connectivity index (χ2v) is 6.10. The van der Waals surface area contributed by atoms with Crippen molar-refractivity contribution in [3.63, 3.8) is 0 Å². The maximum Gasteiger partial charge on any atom is 0.476 e. The van der Waals surface area contributed by atoms with Gasteiger partial charge in [0.2, 0.25) is 0 Å². The lowest BCUT2D eigenvalue weighted by Gasteiger charge is -2.27. The zero-order valence-electron chi connectivity index (χ0n) is 10.0. The number of phosphoric acid groups is 1. The van der Waals surface area contributed by atoms with Gasteiger partial charge in [-0.25, -0.2) is 4.57 Å². The van der Waals surface area contributed by atoms with Gasteiger partial charge in [0, 0.05) is 0 Å². The Morgan fingerprint density at radius 3 is 2.06 bits per heavy atom. The minimum atomic E-state index is -3.62. The highest BCUT2D eigenvalue weighted by atomic mass is 35.5. The van der Waals surface area contributed by atoms with Crippen molar-refractivity contribution in [2.24, 2.45) is 0 Å². The van der Waals surface area contributed by atoms with Crippen LogP contribution in [-0.4, -0.2) is 24.2 Å². The molecule has 1 unspecified atom stereocenters. The lowest BCUT2D eigenvalue weighted by molar-refractivity contribution is 0.0925. The van der Waals surface area contributed by atoms with Crippen LogP contribution >= 0.6 is 19.4 Å². The molecule has 0 radical (unpaired) electrons. The molecule has 0 heterocycles. The third-order valence-corrected chi connectivity index (χ3v) is 3.40. The largest absolute Gasteiger partial charge is 0.476 e. The van der Waals surface area contributed by atoms with Gasteiger partial charge in [0.25, 0.3) is 0 Å². The molecule has 0 saturated heterocycles. The van der Waals surface area contributed by atoms with E-state index >= 15 is 0 Å². The molecule has 0 spiro atoms. The van der Waals surface area contributed by atoms with Crippen LogP contribution in [0.2, 0.25) is 0 Å². The summed E-state index contributed by atoms with van der Waals surface area (Å²) < 4.78 is 27.1. The Kier molecular flexibility index (Phi) is 6.62. The molecule has 0 aliphatic heterocycles. The Labute approximate surface area is 102 Å². The molecule has 16 heavy (non-hydrogen) atoms. The van der Waals surface area contributed by atoms with Crippen LogP contribution in [0.1, 0.15) is 27.7 Å². The van der Waals surface area contributed by atoms with Gasteiger partial charge >= 0.3 is 7.82 Å². The molecule has 0 aromatic carbocycles. The van der Waals surface area contributed by atoms with Crippen LogP contribution in [0, 0.1) is 12.3 Å². The highest BCUT2D eigenvalue weighted by Gasteiger charge is 2.36. The Hall–Kier alpha value is -0.0400. The highest BCUT2D eigenvalue weighted by molar-refractivity contribution is 7.48. The summed E-state index contributed by atoms with van der Waals surface area (Å²) >= 11 is 6.01. The minimum absolute atomic E-state index is 0.206. The van der Waals surface area contributed by atoms with Crippen molar-refractivity contribution in [3.8, 4) is 12.3 Å². The van der Waals surface area contributed by atoms with E-state index in [-0.39, 0.29) is 13.2 Å². The molecule has 0 saturated carbocycles. The van der Waals surface area contributed by atoms with Crippen LogP contribution in [0.3, 0.4) is 0 Å². The summed E-state index contributed by atoms with van der Waals surface area (Å²) in [6, 6.07) is 0. The number of hydrogen-bond donors (Lipinski definition) is 0. The van der Waals surface area contributed by atoms with Crippen molar-refractivity contribution < 1.29 is 18.1 Å². The molecule has 0 aliphatic carbocycles. The topological polar surface area (TPSA) is 44.8 Å². The zero-order valence-corrected chi connectivity index (χ0v) is 11.7.